The molecule has 3 atom stereocenters. The summed E-state index contributed by atoms with van der Waals surface area (Å²) < 4.78 is 10.8. The fourth-order valence-corrected chi connectivity index (χ4v) is 4.30. The molecular formula is C34H59N3O5. The van der Waals surface area contributed by atoms with E-state index in [4.69, 9.17) is 20.3 Å². The van der Waals surface area contributed by atoms with Crippen LogP contribution in [-0.4, -0.2) is 55.0 Å². The molecule has 3 unspecified atom stereocenters. The second kappa shape index (κ2) is 21.9. The number of carbonyl (C=O) groups excluding carboxylic acids is 2. The first-order chi connectivity index (χ1) is 20.0. The Bertz CT molecular complexity index is 981. The number of nitrogens with zero attached hydrogens (tertiary/aromatic N) is 1. The minimum Gasteiger partial charge on any atom is -0.465 e. The second-order valence-electron chi connectivity index (χ2n) is 10.5. The van der Waals surface area contributed by atoms with Gasteiger partial charge in [-0.1, -0.05) is 53.7 Å². The van der Waals surface area contributed by atoms with Gasteiger partial charge >= 0.3 is 5.97 Å². The topological polar surface area (TPSA) is 114 Å². The van der Waals surface area contributed by atoms with Gasteiger partial charge < -0.3 is 30.5 Å². The number of nitrogens with one attached hydrogen (secondary N) is 1. The van der Waals surface area contributed by atoms with Gasteiger partial charge in [-0.3, -0.25) is 9.59 Å². The van der Waals surface area contributed by atoms with Crippen molar-refractivity contribution in [2.45, 2.75) is 120 Å². The number of hydrogen-bond donors (Lipinski definition) is 3. The molecule has 3 rings (SSSR count). The van der Waals surface area contributed by atoms with Crippen molar-refractivity contribution in [3.8, 4) is 0 Å². The Morgan fingerprint density at radius 3 is 2.33 bits per heavy atom. The summed E-state index contributed by atoms with van der Waals surface area (Å²) in [4.78, 5) is 24.9. The van der Waals surface area contributed by atoms with Crippen molar-refractivity contribution in [1.29, 1.82) is 0 Å². The highest BCUT2D eigenvalue weighted by Crippen LogP contribution is 2.38. The normalized spacial score (nSPS) is 18.6. The van der Waals surface area contributed by atoms with Crippen LogP contribution in [0, 0.1) is 5.92 Å². The first kappa shape index (κ1) is 39.3. The molecule has 4 N–H and O–H groups in total. The van der Waals surface area contributed by atoms with Gasteiger partial charge in [0.05, 0.1) is 36.6 Å². The van der Waals surface area contributed by atoms with Crippen LogP contribution in [0.2, 0.25) is 0 Å². The highest BCUT2D eigenvalue weighted by molar-refractivity contribution is 5.93. The average Bonchev–Trinajstić information content (AvgIpc) is 3.34. The molecule has 1 saturated heterocycles. The number of anilines is 2. The van der Waals surface area contributed by atoms with Gasteiger partial charge in [0.2, 0.25) is 0 Å². The van der Waals surface area contributed by atoms with Crippen molar-refractivity contribution in [3.63, 3.8) is 0 Å². The molecule has 240 valence electrons. The number of rotatable bonds is 10. The number of fused-ring (bicyclic) bond motifs is 1. The third kappa shape index (κ3) is 14.0. The molecule has 2 aliphatic rings. The van der Waals surface area contributed by atoms with Crippen LogP contribution >= 0.6 is 0 Å². The standard InChI is InChI=1S/C22H31N3O2.C8H16O3.2C2H6/c1-4-18(11-15(2)16(3)26)22-24-20-9-8-17(13-23)12-21(20)25(22)14-19-7-5-6-10-27-19;1-6(2)5-11-8(10)4-7(3)9;2*1-2/h4,8-9,11-12,19,22,24H,5-7,10,13-14,23H2,1-3H3;6-7,9H,4-5H2,1-3H3;2*1-2H3/b15-11-,18-4+;;;. The van der Waals surface area contributed by atoms with Crippen molar-refractivity contribution in [2.24, 2.45) is 11.7 Å². The van der Waals surface area contributed by atoms with E-state index in [1.54, 1.807) is 13.8 Å². The van der Waals surface area contributed by atoms with Gasteiger partial charge in [0.15, 0.2) is 5.78 Å². The van der Waals surface area contributed by atoms with Gasteiger partial charge in [-0.05, 0) is 87.8 Å². The van der Waals surface area contributed by atoms with Crippen LogP contribution in [0.15, 0.2) is 41.5 Å². The average molecular weight is 590 g/mol. The Labute approximate surface area is 255 Å². The smallest absolute Gasteiger partial charge is 0.308 e. The molecule has 0 aliphatic carbocycles. The maximum atomic E-state index is 11.7. The molecule has 42 heavy (non-hydrogen) atoms. The Morgan fingerprint density at radius 2 is 1.83 bits per heavy atom. The van der Waals surface area contributed by atoms with Crippen molar-refractivity contribution in [2.75, 3.05) is 30.0 Å². The maximum absolute atomic E-state index is 11.7. The number of hydrogen-bond acceptors (Lipinski definition) is 8. The lowest BCUT2D eigenvalue weighted by atomic mass is 10.0. The highest BCUT2D eigenvalue weighted by Gasteiger charge is 2.33. The number of ether oxygens (including phenoxy) is 2. The van der Waals surface area contributed by atoms with Crippen LogP contribution in [0.25, 0.3) is 0 Å². The number of ketones is 1. The summed E-state index contributed by atoms with van der Waals surface area (Å²) in [5.41, 5.74) is 11.1. The van der Waals surface area contributed by atoms with E-state index in [2.05, 4.69) is 34.5 Å². The van der Waals surface area contributed by atoms with Crippen LogP contribution in [0.4, 0.5) is 11.4 Å². The fourth-order valence-electron chi connectivity index (χ4n) is 4.30. The second-order valence-corrected chi connectivity index (χ2v) is 10.5. The molecule has 1 aromatic carbocycles. The van der Waals surface area contributed by atoms with Crippen LogP contribution in [0.3, 0.4) is 0 Å². The van der Waals surface area contributed by atoms with Crippen LogP contribution < -0.4 is 16.0 Å². The van der Waals surface area contributed by atoms with E-state index < -0.39 is 6.10 Å². The van der Waals surface area contributed by atoms with Crippen molar-refractivity contribution < 1.29 is 24.2 Å². The molecule has 0 saturated carbocycles. The van der Waals surface area contributed by atoms with E-state index in [-0.39, 0.29) is 30.4 Å². The summed E-state index contributed by atoms with van der Waals surface area (Å²) in [7, 11) is 0. The molecule has 0 radical (unpaired) electrons. The summed E-state index contributed by atoms with van der Waals surface area (Å²) in [6.45, 7) is 21.6. The summed E-state index contributed by atoms with van der Waals surface area (Å²) in [6.07, 6.45) is 7.21. The number of aliphatic hydroxyl groups is 1. The Kier molecular flexibility index (Phi) is 20.5. The predicted molar refractivity (Wildman–Crippen MR) is 176 cm³/mol. The number of esters is 1. The number of aliphatic hydroxyl groups excluding tert-OH is 1. The number of allylic oxidation sites excluding steroid dienone is 2. The van der Waals surface area contributed by atoms with Gasteiger partial charge in [-0.25, -0.2) is 0 Å². The zero-order chi connectivity index (χ0) is 32.2. The molecular weight excluding hydrogens is 530 g/mol. The first-order valence-corrected chi connectivity index (χ1v) is 15.7. The molecule has 0 bridgehead atoms. The van der Waals surface area contributed by atoms with Gasteiger partial charge in [0.1, 0.15) is 6.17 Å². The zero-order valence-electron chi connectivity index (χ0n) is 28.0. The zero-order valence-corrected chi connectivity index (χ0v) is 28.0. The van der Waals surface area contributed by atoms with E-state index >= 15 is 0 Å². The lowest BCUT2D eigenvalue weighted by Crippen LogP contribution is -2.43. The van der Waals surface area contributed by atoms with Crippen molar-refractivity contribution in [1.82, 2.24) is 0 Å². The van der Waals surface area contributed by atoms with Crippen LogP contribution in [0.5, 0.6) is 0 Å². The number of carbonyl (C=O) groups is 2. The summed E-state index contributed by atoms with van der Waals surface area (Å²) >= 11 is 0. The monoisotopic (exact) mass is 589 g/mol. The number of nitrogens with two attached hydrogens (primary N) is 1. The molecule has 2 aliphatic heterocycles. The van der Waals surface area contributed by atoms with E-state index in [1.165, 1.54) is 6.42 Å². The van der Waals surface area contributed by atoms with E-state index in [9.17, 15) is 9.59 Å². The van der Waals surface area contributed by atoms with Gasteiger partial charge in [0.25, 0.3) is 0 Å². The molecule has 0 spiro atoms. The molecule has 8 heteroatoms. The lowest BCUT2D eigenvalue weighted by Gasteiger charge is -2.33. The highest BCUT2D eigenvalue weighted by atomic mass is 16.5. The number of benzene rings is 1. The molecule has 1 aromatic rings. The third-order valence-corrected chi connectivity index (χ3v) is 6.51. The van der Waals surface area contributed by atoms with Gasteiger partial charge in [-0.15, -0.1) is 0 Å². The molecule has 0 amide bonds. The summed E-state index contributed by atoms with van der Waals surface area (Å²) in [5.74, 6) is 0.124. The lowest BCUT2D eigenvalue weighted by molar-refractivity contribution is -0.146. The minimum absolute atomic E-state index is 0.0159. The van der Waals surface area contributed by atoms with E-state index in [1.807, 2.05) is 61.5 Å². The molecule has 8 nitrogen and oxygen atoms in total. The molecule has 2 heterocycles. The third-order valence-electron chi connectivity index (χ3n) is 6.51. The largest absolute Gasteiger partial charge is 0.465 e. The Balaban J connectivity index is 0.000000945. The number of Topliss-reactive ketones (excluding diaryl/α,β-unsaturated/α-hetero) is 1. The van der Waals surface area contributed by atoms with Crippen LogP contribution in [0.1, 0.15) is 100 Å². The predicted octanol–water partition coefficient (Wildman–Crippen LogP) is 6.76. The van der Waals surface area contributed by atoms with Gasteiger partial charge in [0, 0.05) is 19.7 Å². The Hall–Kier alpha value is -2.68. The first-order valence-electron chi connectivity index (χ1n) is 15.7. The SMILES string of the molecule is C/C=C(\C=C(\C)C(C)=O)C1Nc2ccc(CN)cc2N1CC1CCCCO1.CC.CC.CC(C)COC(=O)CC(C)O. The minimum atomic E-state index is -0.602. The summed E-state index contributed by atoms with van der Waals surface area (Å²) in [5, 5.41) is 12.4. The molecule has 1 fully saturated rings. The van der Waals surface area contributed by atoms with Crippen molar-refractivity contribution in [3.05, 3.63) is 47.1 Å². The van der Waals surface area contributed by atoms with E-state index in [0.717, 1.165) is 54.1 Å². The fraction of sp³-hybridized carbons (Fsp3) is 0.647. The van der Waals surface area contributed by atoms with Crippen LogP contribution in [-0.2, 0) is 25.6 Å². The maximum Gasteiger partial charge on any atom is 0.308 e. The molecule has 0 aromatic heterocycles. The Morgan fingerprint density at radius 1 is 1.17 bits per heavy atom. The van der Waals surface area contributed by atoms with E-state index in [0.29, 0.717) is 19.1 Å². The quantitative estimate of drug-likeness (QED) is 0.156. The summed E-state index contributed by atoms with van der Waals surface area (Å²) in [6, 6.07) is 6.33. The van der Waals surface area contributed by atoms with Gasteiger partial charge in [-0.2, -0.15) is 0 Å². The van der Waals surface area contributed by atoms with Crippen molar-refractivity contribution >= 4 is 23.1 Å².